The number of hydrogen-bond donors (Lipinski definition) is 0. The SMILES string of the molecule is CCOC(=O)Cc1ccccc1OCc1nn(C(C)C)c2ccc(-c3ccnc(C=NS(=O)(=O)C(C)(C)C)c3F)cc12. The predicted octanol–water partition coefficient (Wildman–Crippen LogP) is 6.05. The third-order valence-corrected chi connectivity index (χ3v) is 8.49. The number of rotatable bonds is 10. The molecule has 0 aliphatic heterocycles. The summed E-state index contributed by atoms with van der Waals surface area (Å²) in [7, 11) is -3.86. The zero-order valence-corrected chi connectivity index (χ0v) is 25.4. The average molecular weight is 595 g/mol. The van der Waals surface area contributed by atoms with Crippen LogP contribution >= 0.6 is 0 Å². The van der Waals surface area contributed by atoms with Crippen molar-refractivity contribution in [3.8, 4) is 16.9 Å². The number of carbonyl (C=O) groups excluding carboxylic acids is 1. The maximum atomic E-state index is 15.6. The van der Waals surface area contributed by atoms with Crippen LogP contribution in [0.3, 0.4) is 0 Å². The van der Waals surface area contributed by atoms with E-state index in [1.807, 2.05) is 48.9 Å². The summed E-state index contributed by atoms with van der Waals surface area (Å²) in [6.45, 7) is 10.8. The van der Waals surface area contributed by atoms with Crippen molar-refractivity contribution in [1.82, 2.24) is 14.8 Å². The standard InChI is InChI=1S/C31H35FN4O5S/c1-7-40-29(37)17-22-10-8-9-11-28(22)41-19-26-24-16-21(12-13-27(24)36(35-26)20(2)3)23-14-15-33-25(30(23)32)18-34-42(38,39)31(4,5)6/h8-16,18,20H,7,17,19H2,1-6H3. The second-order valence-electron chi connectivity index (χ2n) is 11.0. The molecule has 0 atom stereocenters. The van der Waals surface area contributed by atoms with E-state index in [0.717, 1.165) is 17.1 Å². The van der Waals surface area contributed by atoms with E-state index in [1.54, 1.807) is 19.1 Å². The smallest absolute Gasteiger partial charge is 0.310 e. The van der Waals surface area contributed by atoms with E-state index in [1.165, 1.54) is 33.0 Å². The van der Waals surface area contributed by atoms with Crippen LogP contribution in [-0.2, 0) is 32.6 Å². The molecule has 2 aromatic carbocycles. The van der Waals surface area contributed by atoms with E-state index >= 15 is 4.39 Å². The maximum Gasteiger partial charge on any atom is 0.310 e. The van der Waals surface area contributed by atoms with Gasteiger partial charge in [0.15, 0.2) is 5.82 Å². The number of pyridine rings is 1. The Morgan fingerprint density at radius 2 is 1.88 bits per heavy atom. The minimum Gasteiger partial charge on any atom is -0.487 e. The molecule has 0 bridgehead atoms. The van der Waals surface area contributed by atoms with Gasteiger partial charge in [0.05, 0.1) is 29.5 Å². The largest absolute Gasteiger partial charge is 0.487 e. The van der Waals surface area contributed by atoms with Crippen molar-refractivity contribution in [2.75, 3.05) is 6.61 Å². The summed E-state index contributed by atoms with van der Waals surface area (Å²) in [6.07, 6.45) is 2.44. The Balaban J connectivity index is 1.70. The normalized spacial score (nSPS) is 12.4. The molecule has 4 aromatic rings. The number of ether oxygens (including phenoxy) is 2. The molecule has 4 rings (SSSR count). The number of hydrogen-bond acceptors (Lipinski definition) is 7. The van der Waals surface area contributed by atoms with Crippen LogP contribution in [-0.4, -0.2) is 46.7 Å². The fraction of sp³-hybridized carbons (Fsp3) is 0.355. The zero-order valence-electron chi connectivity index (χ0n) is 24.6. The van der Waals surface area contributed by atoms with Crippen LogP contribution in [0.15, 0.2) is 59.1 Å². The Hall–Kier alpha value is -4.12. The first-order valence-corrected chi connectivity index (χ1v) is 15.1. The second kappa shape index (κ2) is 12.4. The molecule has 0 radical (unpaired) electrons. The quantitative estimate of drug-likeness (QED) is 0.162. The van der Waals surface area contributed by atoms with Crippen molar-refractivity contribution in [3.63, 3.8) is 0 Å². The van der Waals surface area contributed by atoms with Crippen molar-refractivity contribution in [3.05, 3.63) is 77.5 Å². The third-order valence-electron chi connectivity index (χ3n) is 6.56. The van der Waals surface area contributed by atoms with Gasteiger partial charge in [-0.05, 0) is 71.4 Å². The topological polar surface area (TPSA) is 113 Å². The first-order valence-electron chi connectivity index (χ1n) is 13.6. The van der Waals surface area contributed by atoms with E-state index in [0.29, 0.717) is 29.2 Å². The molecule has 11 heteroatoms. The summed E-state index contributed by atoms with van der Waals surface area (Å²) in [5.41, 5.74) is 2.80. The highest BCUT2D eigenvalue weighted by molar-refractivity contribution is 7.91. The Bertz CT molecular complexity index is 1740. The summed E-state index contributed by atoms with van der Waals surface area (Å²) in [4.78, 5) is 16.1. The number of sulfonamides is 1. The molecule has 222 valence electrons. The number of halogens is 1. The first kappa shape index (κ1) is 30.8. The average Bonchev–Trinajstić information content (AvgIpc) is 3.30. The lowest BCUT2D eigenvalue weighted by Gasteiger charge is -2.14. The fourth-order valence-corrected chi connectivity index (χ4v) is 4.78. The van der Waals surface area contributed by atoms with Crippen molar-refractivity contribution in [2.45, 2.75) is 65.4 Å². The number of para-hydroxylation sites is 1. The number of nitrogens with zero attached hydrogens (tertiary/aromatic N) is 4. The van der Waals surface area contributed by atoms with Crippen LogP contribution < -0.4 is 4.74 Å². The van der Waals surface area contributed by atoms with E-state index in [2.05, 4.69) is 9.38 Å². The van der Waals surface area contributed by atoms with Gasteiger partial charge in [-0.2, -0.15) is 9.50 Å². The van der Waals surface area contributed by atoms with Crippen molar-refractivity contribution >= 4 is 33.1 Å². The summed E-state index contributed by atoms with van der Waals surface area (Å²) in [5.74, 6) is -0.484. The molecule has 0 saturated carbocycles. The fourth-order valence-electron chi connectivity index (χ4n) is 4.23. The van der Waals surface area contributed by atoms with Crippen LogP contribution in [0.4, 0.5) is 4.39 Å². The molecule has 0 N–H and O–H groups in total. The molecule has 0 fully saturated rings. The highest BCUT2D eigenvalue weighted by Gasteiger charge is 2.28. The van der Waals surface area contributed by atoms with Gasteiger partial charge in [0, 0.05) is 28.8 Å². The van der Waals surface area contributed by atoms with Gasteiger partial charge in [-0.15, -0.1) is 0 Å². The Morgan fingerprint density at radius 3 is 2.57 bits per heavy atom. The van der Waals surface area contributed by atoms with Gasteiger partial charge in [-0.25, -0.2) is 12.8 Å². The van der Waals surface area contributed by atoms with Gasteiger partial charge in [0.1, 0.15) is 23.7 Å². The highest BCUT2D eigenvalue weighted by Crippen LogP contribution is 2.31. The number of carbonyl (C=O) groups is 1. The minimum absolute atomic E-state index is 0.0495. The van der Waals surface area contributed by atoms with Gasteiger partial charge >= 0.3 is 5.97 Å². The summed E-state index contributed by atoms with van der Waals surface area (Å²) in [5, 5.41) is 5.55. The van der Waals surface area contributed by atoms with Crippen molar-refractivity contribution < 1.29 is 27.1 Å². The zero-order chi connectivity index (χ0) is 30.7. The van der Waals surface area contributed by atoms with Crippen LogP contribution in [0.1, 0.15) is 64.5 Å². The molecule has 0 spiro atoms. The molecular formula is C31H35FN4O5S. The Kier molecular flexibility index (Phi) is 9.10. The summed E-state index contributed by atoms with van der Waals surface area (Å²) in [6, 6.07) is 14.3. The van der Waals surface area contributed by atoms with E-state index < -0.39 is 20.6 Å². The van der Waals surface area contributed by atoms with Crippen LogP contribution in [0.2, 0.25) is 0 Å². The van der Waals surface area contributed by atoms with Gasteiger partial charge in [-0.3, -0.25) is 14.5 Å². The summed E-state index contributed by atoms with van der Waals surface area (Å²) < 4.78 is 56.1. The van der Waals surface area contributed by atoms with Crippen molar-refractivity contribution in [1.29, 1.82) is 0 Å². The monoisotopic (exact) mass is 594 g/mol. The first-order chi connectivity index (χ1) is 19.8. The molecule has 9 nitrogen and oxygen atoms in total. The lowest BCUT2D eigenvalue weighted by atomic mass is 10.0. The molecular weight excluding hydrogens is 559 g/mol. The van der Waals surface area contributed by atoms with Crippen LogP contribution in [0.25, 0.3) is 22.0 Å². The lowest BCUT2D eigenvalue weighted by Crippen LogP contribution is -2.25. The van der Waals surface area contributed by atoms with Gasteiger partial charge in [-0.1, -0.05) is 24.3 Å². The molecule has 0 saturated heterocycles. The molecule has 2 aromatic heterocycles. The van der Waals surface area contributed by atoms with E-state index in [-0.39, 0.29) is 36.3 Å². The minimum atomic E-state index is -3.86. The van der Waals surface area contributed by atoms with Gasteiger partial charge in [0.25, 0.3) is 10.0 Å². The highest BCUT2D eigenvalue weighted by atomic mass is 32.2. The molecule has 0 aliphatic carbocycles. The molecule has 0 amide bonds. The molecule has 2 heterocycles. The Labute approximate surface area is 245 Å². The van der Waals surface area contributed by atoms with E-state index in [4.69, 9.17) is 14.6 Å². The number of benzene rings is 2. The maximum absolute atomic E-state index is 15.6. The number of esters is 1. The molecule has 0 unspecified atom stereocenters. The van der Waals surface area contributed by atoms with Crippen LogP contribution in [0.5, 0.6) is 5.75 Å². The molecule has 0 aliphatic rings. The lowest BCUT2D eigenvalue weighted by molar-refractivity contribution is -0.142. The van der Waals surface area contributed by atoms with E-state index in [9.17, 15) is 13.2 Å². The predicted molar refractivity (Wildman–Crippen MR) is 161 cm³/mol. The number of aromatic nitrogens is 3. The van der Waals surface area contributed by atoms with Crippen molar-refractivity contribution in [2.24, 2.45) is 4.40 Å². The number of fused-ring (bicyclic) bond motifs is 1. The third kappa shape index (κ3) is 6.67. The second-order valence-corrected chi connectivity index (χ2v) is 13.4. The van der Waals surface area contributed by atoms with Gasteiger partial charge in [0.2, 0.25) is 0 Å². The van der Waals surface area contributed by atoms with Gasteiger partial charge < -0.3 is 9.47 Å². The molecule has 42 heavy (non-hydrogen) atoms. The van der Waals surface area contributed by atoms with Crippen LogP contribution in [0, 0.1) is 5.82 Å². The summed E-state index contributed by atoms with van der Waals surface area (Å²) >= 11 is 0. The Morgan fingerprint density at radius 1 is 1.14 bits per heavy atom.